The van der Waals surface area contributed by atoms with E-state index >= 15 is 0 Å². The van der Waals surface area contributed by atoms with Crippen LogP contribution in [0, 0.1) is 11.3 Å². The van der Waals surface area contributed by atoms with Gasteiger partial charge >= 0.3 is 6.03 Å². The smallest absolute Gasteiger partial charge is 0.322 e. The molecule has 1 aromatic heterocycles. The fourth-order valence-electron chi connectivity index (χ4n) is 7.16. The van der Waals surface area contributed by atoms with E-state index in [1.54, 1.807) is 30.1 Å². The molecule has 2 fully saturated rings. The number of aldehydes is 1. The highest BCUT2D eigenvalue weighted by Crippen LogP contribution is 2.33. The van der Waals surface area contributed by atoms with Gasteiger partial charge in [0.2, 0.25) is 0 Å². The lowest BCUT2D eigenvalue weighted by atomic mass is 9.89. The number of benzene rings is 2. The Kier molecular flexibility index (Phi) is 15.4. The molecule has 302 valence electrons. The Morgan fingerprint density at radius 1 is 1.12 bits per heavy atom. The van der Waals surface area contributed by atoms with Crippen molar-refractivity contribution in [2.45, 2.75) is 68.8 Å². The summed E-state index contributed by atoms with van der Waals surface area (Å²) in [6.07, 6.45) is 12.8. The number of carbonyl (C=O) groups excluding carboxylic acids is 2. The summed E-state index contributed by atoms with van der Waals surface area (Å²) in [5.41, 5.74) is 15.4. The number of anilines is 1. The van der Waals surface area contributed by atoms with Crippen LogP contribution >= 0.6 is 0 Å². The predicted octanol–water partition coefficient (Wildman–Crippen LogP) is 4.27. The zero-order valence-corrected chi connectivity index (χ0v) is 34.1. The molecule has 0 spiro atoms. The van der Waals surface area contributed by atoms with Crippen LogP contribution in [0.25, 0.3) is 17.0 Å². The number of nitrogens with zero attached hydrogens (tertiary/aromatic N) is 9. The molecule has 3 heterocycles. The van der Waals surface area contributed by atoms with Crippen LogP contribution in [0.1, 0.15) is 68.6 Å². The van der Waals surface area contributed by atoms with Gasteiger partial charge in [0.15, 0.2) is 11.7 Å². The van der Waals surface area contributed by atoms with Crippen LogP contribution in [0.15, 0.2) is 74.1 Å². The number of aromatic nitrogens is 2. The number of nitrogens with one attached hydrogen (secondary N) is 1. The van der Waals surface area contributed by atoms with Crippen molar-refractivity contribution >= 4 is 64.5 Å². The summed E-state index contributed by atoms with van der Waals surface area (Å²) < 4.78 is 17.4. The lowest BCUT2D eigenvalue weighted by Gasteiger charge is -2.31. The molecular weight excluding hydrogens is 741 g/mol. The van der Waals surface area contributed by atoms with Gasteiger partial charge in [0.05, 0.1) is 40.0 Å². The molecule has 0 bridgehead atoms. The maximum absolute atomic E-state index is 13.7. The Morgan fingerprint density at radius 3 is 2.53 bits per heavy atom. The number of piperidine rings is 2. The quantitative estimate of drug-likeness (QED) is 0.122. The molecule has 1 atom stereocenters. The van der Waals surface area contributed by atoms with Gasteiger partial charge in [-0.2, -0.15) is 10.4 Å². The van der Waals surface area contributed by atoms with Crippen molar-refractivity contribution in [1.29, 1.82) is 5.26 Å². The van der Waals surface area contributed by atoms with E-state index in [1.165, 1.54) is 23.0 Å². The number of aryl methyl sites for hydroxylation is 1. The summed E-state index contributed by atoms with van der Waals surface area (Å²) in [4.78, 5) is 41.6. The van der Waals surface area contributed by atoms with Crippen molar-refractivity contribution in [3.63, 3.8) is 0 Å². The van der Waals surface area contributed by atoms with Gasteiger partial charge in [0.1, 0.15) is 17.3 Å². The van der Waals surface area contributed by atoms with Crippen LogP contribution in [0.4, 0.5) is 10.6 Å². The van der Waals surface area contributed by atoms with Gasteiger partial charge in [0.25, 0.3) is 0 Å². The molecule has 16 heteroatoms. The average molecular weight is 795 g/mol. The van der Waals surface area contributed by atoms with E-state index in [1.807, 2.05) is 43.4 Å². The number of amides is 2. The fourth-order valence-corrected chi connectivity index (χ4v) is 8.41. The molecule has 2 aliphatic rings. The summed E-state index contributed by atoms with van der Waals surface area (Å²) in [5.74, 6) is 1.36. The number of fused-ring (bicyclic) bond motifs is 1. The van der Waals surface area contributed by atoms with Crippen molar-refractivity contribution in [1.82, 2.24) is 24.3 Å². The standard InChI is InChI=1S/C41H54N12O3S/c1-29(2)48-39(47-28-44)34(26-43)27-46-35-14-20-52(21-15-35)57(56)36-10-8-33(25-42)31(23-36)7-5-16-51-18-12-30(13-19-51)32-9-11-37-38(24-32)50(4)49-40(37)53(17-6-22-54)41(55)45-3/h5,7-11,22-24,26-30,35H,6,12-21,43H2,1-4H3,(H,45,55)(H2,44,47,48)/b7-5+,34-26-,46-27?. The lowest BCUT2D eigenvalue weighted by molar-refractivity contribution is -0.107. The van der Waals surface area contributed by atoms with Crippen LogP contribution in [0.2, 0.25) is 0 Å². The summed E-state index contributed by atoms with van der Waals surface area (Å²) in [6.45, 7) is 7.96. The topological polar surface area (TPSA) is 204 Å². The van der Waals surface area contributed by atoms with E-state index in [0.29, 0.717) is 46.7 Å². The average Bonchev–Trinajstić information content (AvgIpc) is 3.55. The first kappa shape index (κ1) is 42.6. The van der Waals surface area contributed by atoms with E-state index in [9.17, 15) is 19.1 Å². The van der Waals surface area contributed by atoms with Gasteiger partial charge in [-0.25, -0.2) is 18.3 Å². The highest BCUT2D eigenvalue weighted by Gasteiger charge is 2.26. The van der Waals surface area contributed by atoms with Crippen LogP contribution < -0.4 is 21.7 Å². The summed E-state index contributed by atoms with van der Waals surface area (Å²) in [7, 11) is 2.06. The van der Waals surface area contributed by atoms with Crippen LogP contribution in [-0.2, 0) is 22.8 Å². The fraction of sp³-hybridized carbons (Fsp3) is 0.439. The molecule has 15 nitrogen and oxygen atoms in total. The third-order valence-electron chi connectivity index (χ3n) is 10.2. The number of carbonyl (C=O) groups is 2. The van der Waals surface area contributed by atoms with E-state index in [4.69, 9.17) is 16.5 Å². The number of nitrogens with two attached hydrogens (primary N) is 2. The van der Waals surface area contributed by atoms with Gasteiger partial charge in [-0.15, -0.1) is 0 Å². The maximum Gasteiger partial charge on any atom is 0.322 e. The second-order valence-corrected chi connectivity index (χ2v) is 15.8. The Bertz CT molecular complexity index is 2100. The number of likely N-dealkylation sites (tertiary alicyclic amines) is 1. The van der Waals surface area contributed by atoms with E-state index in [0.717, 1.165) is 68.1 Å². The number of amidine groups is 1. The van der Waals surface area contributed by atoms with Gasteiger partial charge in [-0.3, -0.25) is 24.5 Å². The number of hydrogen-bond acceptors (Lipinski definition) is 9. The minimum Gasteiger partial charge on any atom is -0.404 e. The van der Waals surface area contributed by atoms with Crippen molar-refractivity contribution in [3.8, 4) is 6.07 Å². The summed E-state index contributed by atoms with van der Waals surface area (Å²) >= 11 is 0. The summed E-state index contributed by atoms with van der Waals surface area (Å²) in [5, 5.41) is 18.0. The van der Waals surface area contributed by atoms with Crippen molar-refractivity contribution in [3.05, 3.63) is 70.9 Å². The molecule has 2 amide bonds. The first-order valence-electron chi connectivity index (χ1n) is 19.4. The number of rotatable bonds is 14. The molecule has 57 heavy (non-hydrogen) atoms. The highest BCUT2D eigenvalue weighted by atomic mass is 32.2. The molecule has 2 aliphatic heterocycles. The van der Waals surface area contributed by atoms with Gasteiger partial charge < -0.3 is 21.6 Å². The summed E-state index contributed by atoms with van der Waals surface area (Å²) in [6, 6.07) is 13.8. The van der Waals surface area contributed by atoms with E-state index < -0.39 is 11.0 Å². The molecular formula is C41H54N12O3S. The number of nitriles is 1. The molecule has 5 rings (SSSR count). The lowest BCUT2D eigenvalue weighted by Crippen LogP contribution is -2.39. The number of urea groups is 1. The molecule has 3 aromatic rings. The molecule has 2 aromatic carbocycles. The minimum absolute atomic E-state index is 0.0172. The molecule has 0 radical (unpaired) electrons. The van der Waals surface area contributed by atoms with Crippen LogP contribution in [0.3, 0.4) is 0 Å². The third kappa shape index (κ3) is 10.9. The van der Waals surface area contributed by atoms with Crippen LogP contribution in [0.5, 0.6) is 0 Å². The number of hydrogen-bond donors (Lipinski definition) is 3. The first-order chi connectivity index (χ1) is 27.6. The minimum atomic E-state index is -1.38. The van der Waals surface area contributed by atoms with E-state index in [-0.39, 0.29) is 31.1 Å². The molecule has 0 saturated carbocycles. The maximum atomic E-state index is 13.7. The van der Waals surface area contributed by atoms with Gasteiger partial charge in [-0.05, 0) is 100.0 Å². The Balaban J connectivity index is 1.16. The predicted molar refractivity (Wildman–Crippen MR) is 229 cm³/mol. The molecule has 0 aliphatic carbocycles. The third-order valence-corrected chi connectivity index (χ3v) is 11.7. The molecule has 5 N–H and O–H groups in total. The van der Waals surface area contributed by atoms with Gasteiger partial charge in [0, 0.05) is 70.5 Å². The van der Waals surface area contributed by atoms with Crippen molar-refractivity contribution in [2.24, 2.45) is 33.5 Å². The monoisotopic (exact) mass is 794 g/mol. The zero-order valence-electron chi connectivity index (χ0n) is 33.3. The Labute approximate surface area is 337 Å². The van der Waals surface area contributed by atoms with E-state index in [2.05, 4.69) is 49.6 Å². The second kappa shape index (κ2) is 20.6. The normalized spacial score (nSPS) is 17.6. The van der Waals surface area contributed by atoms with Crippen molar-refractivity contribution < 1.29 is 13.8 Å². The largest absolute Gasteiger partial charge is 0.404 e. The van der Waals surface area contributed by atoms with Crippen LogP contribution in [-0.4, -0.2) is 112 Å². The SMILES string of the molecule is CNC(=O)N(CCC=O)c1nn(C)c2cc(C3CCN(C/C=C/c4cc(S(=O)N5CCC(N=C/C(=C/N)C(N=CN)=NC(C)C)CC5)ccc4C#N)CC3)ccc12. The zero-order chi connectivity index (χ0) is 40.9. The molecule has 2 saturated heterocycles. The molecule has 1 unspecified atom stereocenters. The Morgan fingerprint density at radius 2 is 1.88 bits per heavy atom. The van der Waals surface area contributed by atoms with Crippen molar-refractivity contribution in [2.75, 3.05) is 51.2 Å². The van der Waals surface area contributed by atoms with Gasteiger partial charge in [-0.1, -0.05) is 18.2 Å². The second-order valence-electron chi connectivity index (χ2n) is 14.4. The number of aliphatic imine (C=N–C) groups is 3. The first-order valence-corrected chi connectivity index (χ1v) is 20.5. The Hall–Kier alpha value is -5.50. The highest BCUT2D eigenvalue weighted by molar-refractivity contribution is 7.82.